The first-order valence-corrected chi connectivity index (χ1v) is 7.48. The summed E-state index contributed by atoms with van der Waals surface area (Å²) in [4.78, 5) is 5.00. The lowest BCUT2D eigenvalue weighted by Gasteiger charge is -2.31. The van der Waals surface area contributed by atoms with Crippen LogP contribution < -0.4 is 5.32 Å². The van der Waals surface area contributed by atoms with E-state index in [9.17, 15) is 10.2 Å². The highest BCUT2D eigenvalue weighted by atomic mass is 32.1. The molecule has 1 aliphatic carbocycles. The summed E-state index contributed by atoms with van der Waals surface area (Å²) in [7, 11) is 0. The maximum absolute atomic E-state index is 10.4. The smallest absolute Gasteiger partial charge is 0.227 e. The fourth-order valence-corrected chi connectivity index (χ4v) is 3.26. The average Bonchev–Trinajstić information content (AvgIpc) is 2.69. The molecule has 0 unspecified atom stereocenters. The van der Waals surface area contributed by atoms with Gasteiger partial charge in [-0.3, -0.25) is 0 Å². The van der Waals surface area contributed by atoms with Crippen LogP contribution in [-0.4, -0.2) is 27.3 Å². The molecule has 1 heterocycles. The van der Waals surface area contributed by atoms with Crippen molar-refractivity contribution >= 4 is 16.5 Å². The first kappa shape index (κ1) is 13.6. The van der Waals surface area contributed by atoms with E-state index in [1.807, 2.05) is 13.8 Å². The minimum Gasteiger partial charge on any atom is -0.492 e. The molecular formula is C13H22N2O2S. The first-order valence-electron chi connectivity index (χ1n) is 6.66. The van der Waals surface area contributed by atoms with Crippen molar-refractivity contribution in [2.75, 3.05) is 11.9 Å². The number of aliphatic hydroxyl groups is 1. The van der Waals surface area contributed by atoms with Gasteiger partial charge in [0.2, 0.25) is 5.88 Å². The van der Waals surface area contributed by atoms with E-state index in [1.54, 1.807) is 0 Å². The van der Waals surface area contributed by atoms with Crippen LogP contribution in [0.3, 0.4) is 0 Å². The molecule has 1 aromatic heterocycles. The lowest BCUT2D eigenvalue weighted by molar-refractivity contribution is 0.0167. The van der Waals surface area contributed by atoms with Gasteiger partial charge < -0.3 is 15.5 Å². The minimum absolute atomic E-state index is 0.119. The van der Waals surface area contributed by atoms with Crippen molar-refractivity contribution in [2.45, 2.75) is 57.5 Å². The van der Waals surface area contributed by atoms with Crippen LogP contribution in [0, 0.1) is 0 Å². The van der Waals surface area contributed by atoms with E-state index in [-0.39, 0.29) is 11.8 Å². The van der Waals surface area contributed by atoms with E-state index in [4.69, 9.17) is 0 Å². The molecule has 0 saturated heterocycles. The summed E-state index contributed by atoms with van der Waals surface area (Å²) >= 11 is 1.47. The second-order valence-electron chi connectivity index (χ2n) is 5.50. The summed E-state index contributed by atoms with van der Waals surface area (Å²) in [5.41, 5.74) is -0.600. The van der Waals surface area contributed by atoms with Gasteiger partial charge in [0.05, 0.1) is 10.5 Å². The summed E-state index contributed by atoms with van der Waals surface area (Å²) in [5.74, 6) is 0.393. The Morgan fingerprint density at radius 3 is 2.56 bits per heavy atom. The molecule has 4 nitrogen and oxygen atoms in total. The molecule has 0 spiro atoms. The standard InChI is InChI=1S/C13H22N2O2S/c1-9(2)10-11(16)15-12(18-10)14-8-13(17)6-4-3-5-7-13/h9,16-17H,3-8H2,1-2H3,(H,14,15). The average molecular weight is 270 g/mol. The second kappa shape index (κ2) is 5.45. The largest absolute Gasteiger partial charge is 0.492 e. The Hall–Kier alpha value is -0.810. The summed E-state index contributed by atoms with van der Waals surface area (Å²) in [6.07, 6.45) is 5.12. The highest BCUT2D eigenvalue weighted by molar-refractivity contribution is 7.16. The number of thiazole rings is 1. The molecule has 0 aromatic carbocycles. The number of nitrogens with zero attached hydrogens (tertiary/aromatic N) is 1. The van der Waals surface area contributed by atoms with E-state index in [1.165, 1.54) is 17.8 Å². The Balaban J connectivity index is 1.95. The SMILES string of the molecule is CC(C)c1sc(NCC2(O)CCCCC2)nc1O. The predicted octanol–water partition coefficient (Wildman–Crippen LogP) is 3.08. The summed E-state index contributed by atoms with van der Waals surface area (Å²) in [6, 6.07) is 0. The molecular weight excluding hydrogens is 248 g/mol. The van der Waals surface area contributed by atoms with Crippen molar-refractivity contribution in [3.8, 4) is 5.88 Å². The van der Waals surface area contributed by atoms with Gasteiger partial charge in [-0.15, -0.1) is 0 Å². The van der Waals surface area contributed by atoms with Gasteiger partial charge in [0.25, 0.3) is 0 Å². The Labute approximate surface area is 112 Å². The van der Waals surface area contributed by atoms with E-state index < -0.39 is 5.60 Å². The molecule has 0 aliphatic heterocycles. The van der Waals surface area contributed by atoms with Crippen LogP contribution >= 0.6 is 11.3 Å². The molecule has 0 bridgehead atoms. The Morgan fingerprint density at radius 2 is 2.00 bits per heavy atom. The van der Waals surface area contributed by atoms with Crippen molar-refractivity contribution in [3.63, 3.8) is 0 Å². The van der Waals surface area contributed by atoms with Crippen LogP contribution in [0.4, 0.5) is 5.13 Å². The van der Waals surface area contributed by atoms with Crippen LogP contribution in [0.25, 0.3) is 0 Å². The van der Waals surface area contributed by atoms with Gasteiger partial charge in [0.15, 0.2) is 5.13 Å². The number of hydrogen-bond donors (Lipinski definition) is 3. The molecule has 2 rings (SSSR count). The summed E-state index contributed by atoms with van der Waals surface area (Å²) in [6.45, 7) is 4.59. The van der Waals surface area contributed by atoms with Crippen LogP contribution in [0.15, 0.2) is 0 Å². The highest BCUT2D eigenvalue weighted by Crippen LogP contribution is 2.35. The van der Waals surface area contributed by atoms with Gasteiger partial charge in [0, 0.05) is 6.54 Å². The second-order valence-corrected chi connectivity index (χ2v) is 6.53. The van der Waals surface area contributed by atoms with Crippen LogP contribution in [0.2, 0.25) is 0 Å². The zero-order valence-electron chi connectivity index (χ0n) is 11.1. The zero-order valence-corrected chi connectivity index (χ0v) is 11.9. The molecule has 5 heteroatoms. The minimum atomic E-state index is -0.600. The fourth-order valence-electron chi connectivity index (χ4n) is 2.40. The molecule has 0 amide bonds. The molecule has 1 aliphatic rings. The van der Waals surface area contributed by atoms with Crippen LogP contribution in [-0.2, 0) is 0 Å². The van der Waals surface area contributed by atoms with Gasteiger partial charge in [-0.1, -0.05) is 44.4 Å². The third kappa shape index (κ3) is 3.14. The van der Waals surface area contributed by atoms with Crippen LogP contribution in [0.1, 0.15) is 56.7 Å². The maximum atomic E-state index is 10.4. The predicted molar refractivity (Wildman–Crippen MR) is 74.4 cm³/mol. The summed E-state index contributed by atoms with van der Waals surface area (Å²) < 4.78 is 0. The number of aromatic hydroxyl groups is 1. The fraction of sp³-hybridized carbons (Fsp3) is 0.769. The molecule has 18 heavy (non-hydrogen) atoms. The number of nitrogens with one attached hydrogen (secondary N) is 1. The molecule has 102 valence electrons. The number of aromatic nitrogens is 1. The van der Waals surface area contributed by atoms with Gasteiger partial charge in [-0.05, 0) is 18.8 Å². The highest BCUT2D eigenvalue weighted by Gasteiger charge is 2.29. The third-order valence-corrected chi connectivity index (χ3v) is 4.81. The van der Waals surface area contributed by atoms with Crippen LogP contribution in [0.5, 0.6) is 5.88 Å². The lowest BCUT2D eigenvalue weighted by atomic mass is 9.85. The van der Waals surface area contributed by atoms with Gasteiger partial charge in [0.1, 0.15) is 0 Å². The summed E-state index contributed by atoms with van der Waals surface area (Å²) in [5, 5.41) is 23.9. The Kier molecular flexibility index (Phi) is 4.12. The quantitative estimate of drug-likeness (QED) is 0.786. The number of hydrogen-bond acceptors (Lipinski definition) is 5. The van der Waals surface area contributed by atoms with Crippen molar-refractivity contribution in [1.29, 1.82) is 0 Å². The van der Waals surface area contributed by atoms with Crippen molar-refractivity contribution < 1.29 is 10.2 Å². The topological polar surface area (TPSA) is 65.4 Å². The van der Waals surface area contributed by atoms with Crippen molar-refractivity contribution in [1.82, 2.24) is 4.98 Å². The molecule has 0 atom stereocenters. The molecule has 1 aromatic rings. The zero-order chi connectivity index (χ0) is 13.2. The van der Waals surface area contributed by atoms with Crippen molar-refractivity contribution in [2.24, 2.45) is 0 Å². The normalized spacial score (nSPS) is 19.1. The van der Waals surface area contributed by atoms with Crippen molar-refractivity contribution in [3.05, 3.63) is 4.88 Å². The molecule has 1 saturated carbocycles. The number of anilines is 1. The van der Waals surface area contributed by atoms with E-state index in [0.717, 1.165) is 30.6 Å². The van der Waals surface area contributed by atoms with Gasteiger partial charge >= 0.3 is 0 Å². The Bertz CT molecular complexity index is 398. The molecule has 0 radical (unpaired) electrons. The van der Waals surface area contributed by atoms with Gasteiger partial charge in [-0.2, -0.15) is 4.98 Å². The molecule has 3 N–H and O–H groups in total. The van der Waals surface area contributed by atoms with E-state index >= 15 is 0 Å². The maximum Gasteiger partial charge on any atom is 0.227 e. The van der Waals surface area contributed by atoms with E-state index in [0.29, 0.717) is 11.7 Å². The van der Waals surface area contributed by atoms with Gasteiger partial charge in [-0.25, -0.2) is 0 Å². The Morgan fingerprint density at radius 1 is 1.33 bits per heavy atom. The molecule has 1 fully saturated rings. The number of rotatable bonds is 4. The lowest BCUT2D eigenvalue weighted by Crippen LogP contribution is -2.38. The first-order chi connectivity index (χ1) is 8.50. The van der Waals surface area contributed by atoms with E-state index in [2.05, 4.69) is 10.3 Å². The monoisotopic (exact) mass is 270 g/mol. The third-order valence-electron chi connectivity index (χ3n) is 3.51.